The first-order valence-electron chi connectivity index (χ1n) is 5.48. The van der Waals surface area contributed by atoms with E-state index in [1.165, 1.54) is 7.11 Å². The summed E-state index contributed by atoms with van der Waals surface area (Å²) < 4.78 is 11.6. The zero-order chi connectivity index (χ0) is 13.3. The fraction of sp³-hybridized carbons (Fsp3) is 0.333. The molecule has 0 radical (unpaired) electrons. The molecule has 2 N–H and O–H groups in total. The second-order valence-electron chi connectivity index (χ2n) is 3.87. The van der Waals surface area contributed by atoms with Gasteiger partial charge < -0.3 is 15.2 Å². The van der Waals surface area contributed by atoms with E-state index in [0.29, 0.717) is 11.3 Å². The third-order valence-corrected chi connectivity index (χ3v) is 2.86. The molecule has 96 valence electrons. The first-order valence-corrected chi connectivity index (χ1v) is 5.48. The Balaban J connectivity index is 2.64. The largest absolute Gasteiger partial charge is 0.494 e. The van der Waals surface area contributed by atoms with Crippen LogP contribution < -0.4 is 10.5 Å². The van der Waals surface area contributed by atoms with Crippen LogP contribution in [0.2, 0.25) is 0 Å². The van der Waals surface area contributed by atoms with Gasteiger partial charge in [-0.15, -0.1) is 0 Å². The molecule has 0 bridgehead atoms. The predicted molar refractivity (Wildman–Crippen MR) is 67.4 cm³/mol. The van der Waals surface area contributed by atoms with Gasteiger partial charge in [0.1, 0.15) is 17.3 Å². The van der Waals surface area contributed by atoms with Gasteiger partial charge in [-0.25, -0.2) is 9.78 Å². The fourth-order valence-electron chi connectivity index (χ4n) is 1.96. The number of ether oxygens (including phenoxy) is 2. The molecule has 0 aliphatic carbocycles. The molecule has 2 aromatic rings. The Morgan fingerprint density at radius 3 is 2.78 bits per heavy atom. The molecule has 1 aromatic heterocycles. The lowest BCUT2D eigenvalue weighted by Crippen LogP contribution is -2.19. The number of para-hydroxylation sites is 1. The highest BCUT2D eigenvalue weighted by atomic mass is 16.5. The monoisotopic (exact) mass is 249 g/mol. The number of aromatic nitrogens is 2. The molecule has 0 saturated carbocycles. The van der Waals surface area contributed by atoms with Crippen molar-refractivity contribution in [3.63, 3.8) is 0 Å². The molecule has 1 heterocycles. The number of hydrogen-bond acceptors (Lipinski definition) is 5. The molecular weight excluding hydrogens is 234 g/mol. The van der Waals surface area contributed by atoms with Crippen LogP contribution in [0, 0.1) is 0 Å². The Morgan fingerprint density at radius 1 is 1.44 bits per heavy atom. The number of carbonyl (C=O) groups excluding carboxylic acids is 1. The molecule has 0 fully saturated rings. The molecule has 0 amide bonds. The molecule has 18 heavy (non-hydrogen) atoms. The van der Waals surface area contributed by atoms with Gasteiger partial charge in [0, 0.05) is 0 Å². The molecule has 0 aliphatic heterocycles. The van der Waals surface area contributed by atoms with Crippen molar-refractivity contribution in [2.24, 2.45) is 0 Å². The summed E-state index contributed by atoms with van der Waals surface area (Å²) >= 11 is 0. The van der Waals surface area contributed by atoms with E-state index in [0.717, 1.165) is 5.52 Å². The van der Waals surface area contributed by atoms with Crippen LogP contribution in [0.3, 0.4) is 0 Å². The van der Waals surface area contributed by atoms with Crippen LogP contribution in [0.25, 0.3) is 11.0 Å². The van der Waals surface area contributed by atoms with Gasteiger partial charge in [-0.3, -0.25) is 4.57 Å². The first-order chi connectivity index (χ1) is 8.60. The van der Waals surface area contributed by atoms with Crippen molar-refractivity contribution < 1.29 is 14.3 Å². The summed E-state index contributed by atoms with van der Waals surface area (Å²) in [5.41, 5.74) is 7.23. The Morgan fingerprint density at radius 2 is 2.17 bits per heavy atom. The molecule has 6 nitrogen and oxygen atoms in total. The number of fused-ring (bicyclic) bond motifs is 1. The quantitative estimate of drug-likeness (QED) is 0.831. The molecule has 2 rings (SSSR count). The van der Waals surface area contributed by atoms with E-state index in [1.54, 1.807) is 24.7 Å². The summed E-state index contributed by atoms with van der Waals surface area (Å²) in [5, 5.41) is 0. The molecule has 1 unspecified atom stereocenters. The van der Waals surface area contributed by atoms with Crippen molar-refractivity contribution in [3.8, 4) is 5.75 Å². The van der Waals surface area contributed by atoms with Crippen molar-refractivity contribution in [2.75, 3.05) is 20.0 Å². The van der Waals surface area contributed by atoms with E-state index < -0.39 is 6.04 Å². The summed E-state index contributed by atoms with van der Waals surface area (Å²) in [6.07, 6.45) is 0. The minimum absolute atomic E-state index is 0.257. The van der Waals surface area contributed by atoms with Crippen molar-refractivity contribution in [3.05, 3.63) is 18.2 Å². The van der Waals surface area contributed by atoms with Crippen LogP contribution in [0.15, 0.2) is 18.2 Å². The number of nitrogens with two attached hydrogens (primary N) is 1. The van der Waals surface area contributed by atoms with E-state index >= 15 is 0 Å². The van der Waals surface area contributed by atoms with Crippen molar-refractivity contribution >= 4 is 23.0 Å². The summed E-state index contributed by atoms with van der Waals surface area (Å²) in [4.78, 5) is 15.8. The third kappa shape index (κ3) is 1.75. The second-order valence-corrected chi connectivity index (χ2v) is 3.87. The summed E-state index contributed by atoms with van der Waals surface area (Å²) in [6, 6.07) is 4.91. The van der Waals surface area contributed by atoms with Gasteiger partial charge in [-0.05, 0) is 19.1 Å². The van der Waals surface area contributed by atoms with Crippen molar-refractivity contribution in [2.45, 2.75) is 13.0 Å². The van der Waals surface area contributed by atoms with Crippen molar-refractivity contribution in [1.29, 1.82) is 0 Å². The maximum atomic E-state index is 11.6. The van der Waals surface area contributed by atoms with E-state index in [9.17, 15) is 4.79 Å². The maximum absolute atomic E-state index is 11.6. The van der Waals surface area contributed by atoms with Crippen LogP contribution in [-0.4, -0.2) is 29.7 Å². The number of imidazole rings is 1. The Hall–Kier alpha value is -2.24. The molecule has 0 spiro atoms. The minimum atomic E-state index is -0.535. The van der Waals surface area contributed by atoms with E-state index in [2.05, 4.69) is 4.98 Å². The summed E-state index contributed by atoms with van der Waals surface area (Å²) in [6.45, 7) is 1.71. The van der Waals surface area contributed by atoms with Gasteiger partial charge in [0.25, 0.3) is 0 Å². The van der Waals surface area contributed by atoms with Gasteiger partial charge in [0.15, 0.2) is 0 Å². The highest BCUT2D eigenvalue weighted by Crippen LogP contribution is 2.29. The zero-order valence-corrected chi connectivity index (χ0v) is 10.5. The van der Waals surface area contributed by atoms with Crippen LogP contribution in [0.4, 0.5) is 5.95 Å². The normalized spacial score (nSPS) is 12.4. The van der Waals surface area contributed by atoms with Crippen LogP contribution >= 0.6 is 0 Å². The average molecular weight is 249 g/mol. The maximum Gasteiger partial charge on any atom is 0.328 e. The van der Waals surface area contributed by atoms with Crippen LogP contribution in [-0.2, 0) is 9.53 Å². The number of anilines is 1. The summed E-state index contributed by atoms with van der Waals surface area (Å²) in [5.74, 6) is 0.506. The Kier molecular flexibility index (Phi) is 3.10. The highest BCUT2D eigenvalue weighted by molar-refractivity contribution is 5.87. The fourth-order valence-corrected chi connectivity index (χ4v) is 1.96. The topological polar surface area (TPSA) is 79.4 Å². The van der Waals surface area contributed by atoms with Gasteiger partial charge in [0.2, 0.25) is 5.95 Å². The number of hydrogen-bond donors (Lipinski definition) is 1. The molecular formula is C12H15N3O3. The van der Waals surface area contributed by atoms with E-state index in [4.69, 9.17) is 15.2 Å². The van der Waals surface area contributed by atoms with Gasteiger partial charge >= 0.3 is 5.97 Å². The zero-order valence-electron chi connectivity index (χ0n) is 10.5. The number of rotatable bonds is 3. The number of nitrogens with zero attached hydrogens (tertiary/aromatic N) is 2. The standard InChI is InChI=1S/C12H15N3O3/c1-7(11(16)18-3)15-8-5-4-6-9(17-2)10(8)14-12(15)13/h4-7H,1-3H3,(H2,13,14). The highest BCUT2D eigenvalue weighted by Gasteiger charge is 2.22. The molecule has 6 heteroatoms. The predicted octanol–water partition coefficient (Wildman–Crippen LogP) is 1.36. The lowest BCUT2D eigenvalue weighted by Gasteiger charge is -2.13. The molecule has 0 saturated heterocycles. The molecule has 0 aliphatic rings. The average Bonchev–Trinajstić information content (AvgIpc) is 2.72. The van der Waals surface area contributed by atoms with Gasteiger partial charge in [-0.2, -0.15) is 0 Å². The number of methoxy groups -OCH3 is 2. The molecule has 1 aromatic carbocycles. The Bertz CT molecular complexity index is 592. The number of esters is 1. The van der Waals surface area contributed by atoms with Crippen molar-refractivity contribution in [1.82, 2.24) is 9.55 Å². The SMILES string of the molecule is COC(=O)C(C)n1c(N)nc2c(OC)cccc21. The third-order valence-electron chi connectivity index (χ3n) is 2.86. The minimum Gasteiger partial charge on any atom is -0.494 e. The molecule has 1 atom stereocenters. The van der Waals surface area contributed by atoms with E-state index in [1.807, 2.05) is 12.1 Å². The van der Waals surface area contributed by atoms with Crippen LogP contribution in [0.5, 0.6) is 5.75 Å². The lowest BCUT2D eigenvalue weighted by atomic mass is 10.2. The summed E-state index contributed by atoms with van der Waals surface area (Å²) in [7, 11) is 2.91. The first kappa shape index (κ1) is 12.2. The number of carbonyl (C=O) groups is 1. The number of benzene rings is 1. The Labute approximate surface area is 104 Å². The smallest absolute Gasteiger partial charge is 0.328 e. The number of nitrogen functional groups attached to an aromatic ring is 1. The lowest BCUT2D eigenvalue weighted by molar-refractivity contribution is -0.143. The van der Waals surface area contributed by atoms with E-state index in [-0.39, 0.29) is 11.9 Å². The second kappa shape index (κ2) is 4.56. The van der Waals surface area contributed by atoms with Gasteiger partial charge in [-0.1, -0.05) is 6.07 Å². The van der Waals surface area contributed by atoms with Gasteiger partial charge in [0.05, 0.1) is 19.7 Å². The van der Waals surface area contributed by atoms with Crippen LogP contribution in [0.1, 0.15) is 13.0 Å².